The lowest BCUT2D eigenvalue weighted by molar-refractivity contribution is -0.146. The van der Waals surface area contributed by atoms with Crippen molar-refractivity contribution in [2.45, 2.75) is 52.9 Å². The number of rotatable bonds is 6. The Labute approximate surface area is 122 Å². The number of hydrogen-bond donors (Lipinski definition) is 0. The summed E-state index contributed by atoms with van der Waals surface area (Å²) in [4.78, 5) is 11.5. The summed E-state index contributed by atoms with van der Waals surface area (Å²) < 4.78 is 10.6. The SMILES string of the molecule is CCCCOC(=O)COc1ccc(C(C)(C)C)cc1C. The number of benzene rings is 1. The van der Waals surface area contributed by atoms with Gasteiger partial charge in [0.2, 0.25) is 0 Å². The molecule has 1 aromatic rings. The Kier molecular flexibility index (Phi) is 6.05. The van der Waals surface area contributed by atoms with Gasteiger partial charge < -0.3 is 9.47 Å². The number of esters is 1. The van der Waals surface area contributed by atoms with Gasteiger partial charge in [0, 0.05) is 0 Å². The lowest BCUT2D eigenvalue weighted by atomic mass is 9.86. The van der Waals surface area contributed by atoms with E-state index < -0.39 is 0 Å². The van der Waals surface area contributed by atoms with Crippen molar-refractivity contribution in [3.05, 3.63) is 29.3 Å². The fourth-order valence-electron chi connectivity index (χ4n) is 1.79. The minimum absolute atomic E-state index is 0.0284. The summed E-state index contributed by atoms with van der Waals surface area (Å²) in [5.41, 5.74) is 2.41. The molecule has 0 N–H and O–H groups in total. The highest BCUT2D eigenvalue weighted by Gasteiger charge is 2.15. The molecule has 0 saturated heterocycles. The molecule has 0 spiro atoms. The highest BCUT2D eigenvalue weighted by molar-refractivity contribution is 5.71. The van der Waals surface area contributed by atoms with Crippen molar-refractivity contribution in [3.8, 4) is 5.75 Å². The summed E-state index contributed by atoms with van der Waals surface area (Å²) in [6.07, 6.45) is 1.91. The van der Waals surface area contributed by atoms with Crippen molar-refractivity contribution in [3.63, 3.8) is 0 Å². The third-order valence-corrected chi connectivity index (χ3v) is 3.15. The number of carbonyl (C=O) groups excluding carboxylic acids is 1. The van der Waals surface area contributed by atoms with E-state index in [9.17, 15) is 4.79 Å². The Morgan fingerprint density at radius 2 is 1.95 bits per heavy atom. The molecule has 0 atom stereocenters. The summed E-state index contributed by atoms with van der Waals surface area (Å²) in [6, 6.07) is 6.08. The van der Waals surface area contributed by atoms with Crippen LogP contribution >= 0.6 is 0 Å². The molecule has 0 aromatic heterocycles. The van der Waals surface area contributed by atoms with Crippen molar-refractivity contribution in [2.75, 3.05) is 13.2 Å². The minimum atomic E-state index is -0.308. The second kappa shape index (κ2) is 7.32. The van der Waals surface area contributed by atoms with E-state index in [4.69, 9.17) is 9.47 Å². The molecule has 0 heterocycles. The topological polar surface area (TPSA) is 35.5 Å². The summed E-state index contributed by atoms with van der Waals surface area (Å²) in [5, 5.41) is 0. The number of unbranched alkanes of at least 4 members (excludes halogenated alkanes) is 1. The van der Waals surface area contributed by atoms with Crippen LogP contribution < -0.4 is 4.74 Å². The third kappa shape index (κ3) is 5.24. The second-order valence-corrected chi connectivity index (χ2v) is 6.09. The number of aryl methyl sites for hydroxylation is 1. The first-order valence-electron chi connectivity index (χ1n) is 7.24. The van der Waals surface area contributed by atoms with E-state index in [0.29, 0.717) is 6.61 Å². The zero-order chi connectivity index (χ0) is 15.2. The minimum Gasteiger partial charge on any atom is -0.482 e. The van der Waals surface area contributed by atoms with Crippen LogP contribution in [0.2, 0.25) is 0 Å². The predicted octanol–water partition coefficient (Wildman–Crippen LogP) is 4.01. The van der Waals surface area contributed by atoms with E-state index in [1.165, 1.54) is 5.56 Å². The van der Waals surface area contributed by atoms with Gasteiger partial charge in [0.05, 0.1) is 6.61 Å². The number of hydrogen-bond acceptors (Lipinski definition) is 3. The molecule has 0 unspecified atom stereocenters. The average molecular weight is 278 g/mol. The molecule has 0 aliphatic heterocycles. The molecule has 0 radical (unpaired) electrons. The zero-order valence-electron chi connectivity index (χ0n) is 13.3. The number of ether oxygens (including phenoxy) is 2. The maximum Gasteiger partial charge on any atom is 0.344 e. The average Bonchev–Trinajstić information content (AvgIpc) is 2.36. The summed E-state index contributed by atoms with van der Waals surface area (Å²) in [7, 11) is 0. The Morgan fingerprint density at radius 3 is 2.50 bits per heavy atom. The summed E-state index contributed by atoms with van der Waals surface area (Å²) >= 11 is 0. The maximum atomic E-state index is 11.5. The van der Waals surface area contributed by atoms with E-state index >= 15 is 0 Å². The molecule has 20 heavy (non-hydrogen) atoms. The molecule has 1 aromatic carbocycles. The normalized spacial score (nSPS) is 11.2. The Balaban J connectivity index is 2.55. The van der Waals surface area contributed by atoms with Gasteiger partial charge in [-0.1, -0.05) is 46.2 Å². The maximum absolute atomic E-state index is 11.5. The molecule has 3 heteroatoms. The van der Waals surface area contributed by atoms with Gasteiger partial charge in [-0.15, -0.1) is 0 Å². The van der Waals surface area contributed by atoms with Gasteiger partial charge in [-0.05, 0) is 36.0 Å². The van der Waals surface area contributed by atoms with Gasteiger partial charge in [-0.3, -0.25) is 0 Å². The lowest BCUT2D eigenvalue weighted by Crippen LogP contribution is -2.16. The first-order chi connectivity index (χ1) is 9.34. The summed E-state index contributed by atoms with van der Waals surface area (Å²) in [6.45, 7) is 11.0. The van der Waals surface area contributed by atoms with Gasteiger partial charge in [0.25, 0.3) is 0 Å². The monoisotopic (exact) mass is 278 g/mol. The van der Waals surface area contributed by atoms with Gasteiger partial charge in [0.1, 0.15) is 5.75 Å². The van der Waals surface area contributed by atoms with Gasteiger partial charge >= 0.3 is 5.97 Å². The molecular weight excluding hydrogens is 252 g/mol. The highest BCUT2D eigenvalue weighted by atomic mass is 16.6. The lowest BCUT2D eigenvalue weighted by Gasteiger charge is -2.20. The highest BCUT2D eigenvalue weighted by Crippen LogP contribution is 2.27. The van der Waals surface area contributed by atoms with Crippen molar-refractivity contribution >= 4 is 5.97 Å². The predicted molar refractivity (Wildman–Crippen MR) is 81.2 cm³/mol. The van der Waals surface area contributed by atoms with Crippen molar-refractivity contribution in [1.82, 2.24) is 0 Å². The van der Waals surface area contributed by atoms with Crippen LogP contribution in [-0.4, -0.2) is 19.2 Å². The van der Waals surface area contributed by atoms with Gasteiger partial charge in [0.15, 0.2) is 6.61 Å². The quantitative estimate of drug-likeness (QED) is 0.582. The van der Waals surface area contributed by atoms with Crippen LogP contribution in [0.4, 0.5) is 0 Å². The third-order valence-electron chi connectivity index (χ3n) is 3.15. The molecule has 0 amide bonds. The van der Waals surface area contributed by atoms with Crippen LogP contribution in [0.5, 0.6) is 5.75 Å². The molecular formula is C17H26O3. The second-order valence-electron chi connectivity index (χ2n) is 6.09. The Hall–Kier alpha value is -1.51. The van der Waals surface area contributed by atoms with E-state index in [1.807, 2.05) is 19.1 Å². The van der Waals surface area contributed by atoms with Crippen LogP contribution in [0.15, 0.2) is 18.2 Å². The first kappa shape index (κ1) is 16.5. The molecule has 1 rings (SSSR count). The number of carbonyl (C=O) groups is 1. The standard InChI is InChI=1S/C17H26O3/c1-6-7-10-19-16(18)12-20-15-9-8-14(11-13(15)2)17(3,4)5/h8-9,11H,6-7,10,12H2,1-5H3. The molecule has 0 aliphatic rings. The van der Waals surface area contributed by atoms with Crippen LogP contribution in [0.25, 0.3) is 0 Å². The Morgan fingerprint density at radius 1 is 1.25 bits per heavy atom. The molecule has 0 bridgehead atoms. The van der Waals surface area contributed by atoms with Gasteiger partial charge in [-0.2, -0.15) is 0 Å². The van der Waals surface area contributed by atoms with Crippen molar-refractivity contribution in [1.29, 1.82) is 0 Å². The molecule has 0 fully saturated rings. The van der Waals surface area contributed by atoms with Crippen LogP contribution in [0.3, 0.4) is 0 Å². The molecule has 0 saturated carbocycles. The fourth-order valence-corrected chi connectivity index (χ4v) is 1.79. The van der Waals surface area contributed by atoms with Crippen molar-refractivity contribution < 1.29 is 14.3 Å². The van der Waals surface area contributed by atoms with Crippen LogP contribution in [-0.2, 0) is 14.9 Å². The molecule has 0 aliphatic carbocycles. The van der Waals surface area contributed by atoms with Crippen molar-refractivity contribution in [2.24, 2.45) is 0 Å². The van der Waals surface area contributed by atoms with Gasteiger partial charge in [-0.25, -0.2) is 4.79 Å². The largest absolute Gasteiger partial charge is 0.482 e. The van der Waals surface area contributed by atoms with Crippen LogP contribution in [0.1, 0.15) is 51.7 Å². The van der Waals surface area contributed by atoms with E-state index in [2.05, 4.69) is 33.8 Å². The van der Waals surface area contributed by atoms with E-state index in [0.717, 1.165) is 24.2 Å². The summed E-state index contributed by atoms with van der Waals surface area (Å²) in [5.74, 6) is 0.434. The zero-order valence-corrected chi connectivity index (χ0v) is 13.3. The first-order valence-corrected chi connectivity index (χ1v) is 7.24. The fraction of sp³-hybridized carbons (Fsp3) is 0.588. The Bertz CT molecular complexity index is 444. The van der Waals surface area contributed by atoms with E-state index in [-0.39, 0.29) is 18.0 Å². The molecule has 112 valence electrons. The van der Waals surface area contributed by atoms with Crippen LogP contribution in [0, 0.1) is 6.92 Å². The van der Waals surface area contributed by atoms with E-state index in [1.54, 1.807) is 0 Å². The molecule has 3 nitrogen and oxygen atoms in total. The smallest absolute Gasteiger partial charge is 0.344 e.